The maximum absolute atomic E-state index is 12.7. The van der Waals surface area contributed by atoms with Crippen LogP contribution < -0.4 is 19.5 Å². The van der Waals surface area contributed by atoms with Gasteiger partial charge < -0.3 is 19.5 Å². The van der Waals surface area contributed by atoms with E-state index >= 15 is 0 Å². The third-order valence-electron chi connectivity index (χ3n) is 4.87. The molecule has 1 aliphatic heterocycles. The molecule has 0 bridgehead atoms. The van der Waals surface area contributed by atoms with E-state index in [9.17, 15) is 23.3 Å². The lowest BCUT2D eigenvalue weighted by Gasteiger charge is -2.16. The van der Waals surface area contributed by atoms with Gasteiger partial charge in [-0.25, -0.2) is 8.42 Å². The number of amides is 1. The number of carbonyl (C=O) groups excluding carboxylic acids is 1. The first kappa shape index (κ1) is 23.3. The molecule has 1 aliphatic rings. The van der Waals surface area contributed by atoms with E-state index in [4.69, 9.17) is 14.2 Å². The average molecular weight is 465 g/mol. The zero-order valence-electron chi connectivity index (χ0n) is 17.6. The fourth-order valence-corrected chi connectivity index (χ4v) is 4.77. The molecule has 2 aromatic rings. The highest BCUT2D eigenvalue weighted by atomic mass is 32.2. The van der Waals surface area contributed by atoms with Crippen LogP contribution >= 0.6 is 0 Å². The summed E-state index contributed by atoms with van der Waals surface area (Å²) in [5.74, 6) is 0.0968. The summed E-state index contributed by atoms with van der Waals surface area (Å²) in [5, 5.41) is 14.1. The molecule has 2 aromatic carbocycles. The molecular formula is C20H23N3O8S. The topological polar surface area (TPSA) is 137 Å². The van der Waals surface area contributed by atoms with Crippen molar-refractivity contribution >= 4 is 27.3 Å². The van der Waals surface area contributed by atoms with Crippen LogP contribution in [0.15, 0.2) is 41.3 Å². The number of hydrogen-bond acceptors (Lipinski definition) is 8. The summed E-state index contributed by atoms with van der Waals surface area (Å²) in [7, 11) is -0.899. The van der Waals surface area contributed by atoms with Crippen molar-refractivity contribution in [2.75, 3.05) is 39.2 Å². The van der Waals surface area contributed by atoms with Gasteiger partial charge in [0.2, 0.25) is 10.0 Å². The van der Waals surface area contributed by atoms with Gasteiger partial charge in [-0.2, -0.15) is 4.31 Å². The van der Waals surface area contributed by atoms with Crippen LogP contribution in [-0.4, -0.2) is 57.5 Å². The van der Waals surface area contributed by atoms with Crippen molar-refractivity contribution in [1.29, 1.82) is 0 Å². The Morgan fingerprint density at radius 2 is 1.81 bits per heavy atom. The Kier molecular flexibility index (Phi) is 7.15. The van der Waals surface area contributed by atoms with Crippen LogP contribution in [0.5, 0.6) is 17.2 Å². The largest absolute Gasteiger partial charge is 0.497 e. The number of carbonyl (C=O) groups is 1. The molecule has 0 unspecified atom stereocenters. The summed E-state index contributed by atoms with van der Waals surface area (Å²) in [4.78, 5) is 22.8. The van der Waals surface area contributed by atoms with Crippen LogP contribution in [0.1, 0.15) is 12.8 Å². The van der Waals surface area contributed by atoms with E-state index in [0.29, 0.717) is 30.3 Å². The number of anilines is 1. The van der Waals surface area contributed by atoms with Gasteiger partial charge in [0.1, 0.15) is 11.5 Å². The summed E-state index contributed by atoms with van der Waals surface area (Å²) in [6.45, 7) is 0.223. The van der Waals surface area contributed by atoms with Gasteiger partial charge >= 0.3 is 5.69 Å². The second kappa shape index (κ2) is 9.83. The van der Waals surface area contributed by atoms with Crippen molar-refractivity contribution in [1.82, 2.24) is 4.31 Å². The Labute approximate surface area is 185 Å². The summed E-state index contributed by atoms with van der Waals surface area (Å²) in [6, 6.07) is 8.16. The van der Waals surface area contributed by atoms with E-state index < -0.39 is 33.1 Å². The van der Waals surface area contributed by atoms with Crippen molar-refractivity contribution in [3.63, 3.8) is 0 Å². The third-order valence-corrected chi connectivity index (χ3v) is 6.77. The number of ether oxygens (including phenoxy) is 3. The van der Waals surface area contributed by atoms with Crippen molar-refractivity contribution < 1.29 is 32.3 Å². The lowest BCUT2D eigenvalue weighted by Crippen LogP contribution is -2.28. The van der Waals surface area contributed by atoms with Crippen molar-refractivity contribution in [2.24, 2.45) is 0 Å². The number of nitro groups is 1. The summed E-state index contributed by atoms with van der Waals surface area (Å²) < 4.78 is 42.3. The van der Waals surface area contributed by atoms with Crippen molar-refractivity contribution in [3.8, 4) is 17.2 Å². The minimum Gasteiger partial charge on any atom is -0.497 e. The number of nitro benzene ring substituents is 1. The van der Waals surface area contributed by atoms with Gasteiger partial charge in [-0.05, 0) is 37.1 Å². The van der Waals surface area contributed by atoms with Crippen LogP contribution in [0.2, 0.25) is 0 Å². The molecule has 0 atom stereocenters. The van der Waals surface area contributed by atoms with E-state index in [0.717, 1.165) is 18.9 Å². The van der Waals surface area contributed by atoms with Gasteiger partial charge in [0.15, 0.2) is 12.4 Å². The molecule has 3 rings (SSSR count). The molecule has 0 aromatic heterocycles. The maximum atomic E-state index is 12.7. The number of benzene rings is 2. The number of hydrogen-bond donors (Lipinski definition) is 1. The molecule has 172 valence electrons. The Morgan fingerprint density at radius 1 is 1.09 bits per heavy atom. The second-order valence-corrected chi connectivity index (χ2v) is 8.84. The normalized spacial score (nSPS) is 14.1. The van der Waals surface area contributed by atoms with Crippen LogP contribution in [0, 0.1) is 10.1 Å². The molecule has 1 N–H and O–H groups in total. The lowest BCUT2D eigenvalue weighted by molar-refractivity contribution is -0.386. The molecule has 1 heterocycles. The minimum atomic E-state index is -3.83. The SMILES string of the molecule is COc1ccc(NC(=O)COc2ccc(S(=O)(=O)N3CCCC3)cc2[N+](=O)[O-])c(OC)c1. The molecule has 12 heteroatoms. The molecule has 11 nitrogen and oxygen atoms in total. The first-order chi connectivity index (χ1) is 15.3. The highest BCUT2D eigenvalue weighted by Gasteiger charge is 2.30. The van der Waals surface area contributed by atoms with Gasteiger partial charge in [-0.3, -0.25) is 14.9 Å². The van der Waals surface area contributed by atoms with Gasteiger partial charge in [-0.1, -0.05) is 0 Å². The molecule has 0 radical (unpaired) electrons. The third kappa shape index (κ3) is 5.08. The fraction of sp³-hybridized carbons (Fsp3) is 0.350. The molecule has 0 spiro atoms. The Bertz CT molecular complexity index is 1110. The molecule has 32 heavy (non-hydrogen) atoms. The number of nitrogens with zero attached hydrogens (tertiary/aromatic N) is 2. The number of sulfonamides is 1. The highest BCUT2D eigenvalue weighted by Crippen LogP contribution is 2.32. The van der Waals surface area contributed by atoms with Gasteiger partial charge in [0, 0.05) is 25.2 Å². The number of methoxy groups -OCH3 is 2. The predicted molar refractivity (Wildman–Crippen MR) is 115 cm³/mol. The van der Waals surface area contributed by atoms with E-state index in [1.165, 1.54) is 30.7 Å². The summed E-state index contributed by atoms with van der Waals surface area (Å²) in [6.07, 6.45) is 1.49. The molecule has 1 saturated heterocycles. The first-order valence-corrected chi connectivity index (χ1v) is 11.1. The molecule has 1 fully saturated rings. The number of rotatable bonds is 9. The van der Waals surface area contributed by atoms with E-state index in [-0.39, 0.29) is 10.6 Å². The highest BCUT2D eigenvalue weighted by molar-refractivity contribution is 7.89. The molecule has 1 amide bonds. The summed E-state index contributed by atoms with van der Waals surface area (Å²) >= 11 is 0. The average Bonchev–Trinajstić information content (AvgIpc) is 3.33. The van der Waals surface area contributed by atoms with E-state index in [1.54, 1.807) is 18.2 Å². The summed E-state index contributed by atoms with van der Waals surface area (Å²) in [5.41, 5.74) is -0.177. The van der Waals surface area contributed by atoms with Crippen LogP contribution in [0.3, 0.4) is 0 Å². The standard InChI is InChI=1S/C20H23N3O8S/c1-29-14-5-7-16(19(11-14)30-2)21-20(24)13-31-18-8-6-15(12-17(18)23(25)26)32(27,28)22-9-3-4-10-22/h5-8,11-12H,3-4,9-10,13H2,1-2H3,(H,21,24). The monoisotopic (exact) mass is 465 g/mol. The van der Waals surface area contributed by atoms with Crippen LogP contribution in [0.4, 0.5) is 11.4 Å². The van der Waals surface area contributed by atoms with E-state index in [1.807, 2.05) is 0 Å². The first-order valence-electron chi connectivity index (χ1n) is 9.69. The zero-order valence-corrected chi connectivity index (χ0v) is 18.4. The second-order valence-electron chi connectivity index (χ2n) is 6.90. The predicted octanol–water partition coefficient (Wildman–Crippen LogP) is 2.41. The van der Waals surface area contributed by atoms with Crippen LogP contribution in [-0.2, 0) is 14.8 Å². The zero-order chi connectivity index (χ0) is 23.3. The van der Waals surface area contributed by atoms with Crippen LogP contribution in [0.25, 0.3) is 0 Å². The Morgan fingerprint density at radius 3 is 2.44 bits per heavy atom. The quantitative estimate of drug-likeness (QED) is 0.440. The molecular weight excluding hydrogens is 442 g/mol. The smallest absolute Gasteiger partial charge is 0.312 e. The van der Waals surface area contributed by atoms with Crippen molar-refractivity contribution in [3.05, 3.63) is 46.5 Å². The fourth-order valence-electron chi connectivity index (χ4n) is 3.23. The van der Waals surface area contributed by atoms with Gasteiger partial charge in [0.25, 0.3) is 5.91 Å². The lowest BCUT2D eigenvalue weighted by atomic mass is 10.2. The minimum absolute atomic E-state index is 0.189. The molecule has 0 saturated carbocycles. The Hall–Kier alpha value is -3.38. The van der Waals surface area contributed by atoms with Gasteiger partial charge in [0.05, 0.1) is 29.7 Å². The molecule has 0 aliphatic carbocycles. The maximum Gasteiger partial charge on any atom is 0.312 e. The number of nitrogens with one attached hydrogen (secondary N) is 1. The van der Waals surface area contributed by atoms with Crippen molar-refractivity contribution in [2.45, 2.75) is 17.7 Å². The van der Waals surface area contributed by atoms with E-state index in [2.05, 4.69) is 5.32 Å². The Balaban J connectivity index is 1.73. The van der Waals surface area contributed by atoms with Gasteiger partial charge in [-0.15, -0.1) is 0 Å².